The number of carbonyl (C=O) groups excluding carboxylic acids is 2. The molecule has 0 amide bonds. The predicted molar refractivity (Wildman–Crippen MR) is 71.1 cm³/mol. The van der Waals surface area contributed by atoms with Crippen molar-refractivity contribution in [2.45, 2.75) is 13.2 Å². The molecule has 0 atom stereocenters. The van der Waals surface area contributed by atoms with Crippen LogP contribution in [0.4, 0.5) is 0 Å². The Bertz CT molecular complexity index is 616. The molecule has 0 aromatic heterocycles. The van der Waals surface area contributed by atoms with E-state index in [0.29, 0.717) is 22.3 Å². The van der Waals surface area contributed by atoms with Gasteiger partial charge in [-0.15, -0.1) is 0 Å². The van der Waals surface area contributed by atoms with E-state index in [4.69, 9.17) is 9.47 Å². The summed E-state index contributed by atoms with van der Waals surface area (Å²) in [6, 6.07) is 13.9. The highest BCUT2D eigenvalue weighted by Crippen LogP contribution is 2.18. The Morgan fingerprint density at radius 2 is 1.05 bits per heavy atom. The van der Waals surface area contributed by atoms with Gasteiger partial charge in [-0.1, -0.05) is 36.4 Å². The fourth-order valence-corrected chi connectivity index (χ4v) is 2.13. The third-order valence-corrected chi connectivity index (χ3v) is 3.19. The summed E-state index contributed by atoms with van der Waals surface area (Å²) < 4.78 is 10.5. The fraction of sp³-hybridized carbons (Fsp3) is 0.125. The summed E-state index contributed by atoms with van der Waals surface area (Å²) in [5.41, 5.74) is 2.15. The van der Waals surface area contributed by atoms with Crippen LogP contribution in [0.5, 0.6) is 0 Å². The molecule has 0 spiro atoms. The third kappa shape index (κ3) is 2.28. The summed E-state index contributed by atoms with van der Waals surface area (Å²) in [5.74, 6) is -0.818. The Kier molecular flexibility index (Phi) is 3.21. The first kappa shape index (κ1) is 12.4. The first-order valence-electron chi connectivity index (χ1n) is 6.26. The van der Waals surface area contributed by atoms with E-state index >= 15 is 0 Å². The highest BCUT2D eigenvalue weighted by atomic mass is 16.5. The number of carbonyl (C=O) groups is 2. The van der Waals surface area contributed by atoms with Crippen LogP contribution in [0, 0.1) is 0 Å². The topological polar surface area (TPSA) is 52.6 Å². The van der Waals surface area contributed by atoms with Crippen LogP contribution >= 0.6 is 0 Å². The molecule has 2 aromatic rings. The van der Waals surface area contributed by atoms with Crippen molar-refractivity contribution in [1.29, 1.82) is 0 Å². The highest BCUT2D eigenvalue weighted by Gasteiger charge is 2.19. The zero-order valence-corrected chi connectivity index (χ0v) is 10.7. The molecule has 1 aliphatic rings. The summed E-state index contributed by atoms with van der Waals surface area (Å²) in [6.07, 6.45) is 0. The molecule has 1 heterocycles. The molecule has 3 rings (SSSR count). The first-order chi connectivity index (χ1) is 9.75. The molecule has 4 heteroatoms. The van der Waals surface area contributed by atoms with Gasteiger partial charge < -0.3 is 9.47 Å². The molecule has 20 heavy (non-hydrogen) atoms. The largest absolute Gasteiger partial charge is 0.457 e. The Labute approximate surface area is 115 Å². The van der Waals surface area contributed by atoms with Gasteiger partial charge in [-0.25, -0.2) is 9.59 Å². The van der Waals surface area contributed by atoms with Gasteiger partial charge in [-0.3, -0.25) is 0 Å². The number of ether oxygens (including phenoxy) is 2. The van der Waals surface area contributed by atoms with Gasteiger partial charge in [0.1, 0.15) is 13.2 Å². The minimum Gasteiger partial charge on any atom is -0.457 e. The Balaban J connectivity index is 2.00. The van der Waals surface area contributed by atoms with Gasteiger partial charge in [0.2, 0.25) is 0 Å². The zero-order chi connectivity index (χ0) is 13.9. The van der Waals surface area contributed by atoms with E-state index in [0.717, 1.165) is 0 Å². The molecule has 0 fully saturated rings. The van der Waals surface area contributed by atoms with Crippen molar-refractivity contribution in [2.24, 2.45) is 0 Å². The van der Waals surface area contributed by atoms with Crippen LogP contribution in [-0.4, -0.2) is 11.9 Å². The van der Waals surface area contributed by atoms with E-state index in [1.807, 2.05) is 0 Å². The normalized spacial score (nSPS) is 14.6. The van der Waals surface area contributed by atoms with E-state index in [1.165, 1.54) is 0 Å². The standard InChI is InChI=1S/C16H12O4/c17-15-13-7-3-1-5-11(13)9-19-16(18)14-8-4-2-6-12(14)10-20-15/h1-8H,9-10H2. The molecule has 4 nitrogen and oxygen atoms in total. The van der Waals surface area contributed by atoms with Gasteiger partial charge in [-0.2, -0.15) is 0 Å². The lowest BCUT2D eigenvalue weighted by Crippen LogP contribution is -2.16. The summed E-state index contributed by atoms with van der Waals surface area (Å²) in [7, 11) is 0. The van der Waals surface area contributed by atoms with E-state index < -0.39 is 11.9 Å². The lowest BCUT2D eigenvalue weighted by molar-refractivity contribution is 0.0397. The molecule has 100 valence electrons. The molecule has 1 aliphatic heterocycles. The number of hydrogen-bond donors (Lipinski definition) is 0. The van der Waals surface area contributed by atoms with Crippen molar-refractivity contribution in [3.8, 4) is 0 Å². The summed E-state index contributed by atoms with van der Waals surface area (Å²) in [5, 5.41) is 0. The second kappa shape index (κ2) is 5.17. The van der Waals surface area contributed by atoms with Crippen molar-refractivity contribution in [3.63, 3.8) is 0 Å². The van der Waals surface area contributed by atoms with Gasteiger partial charge in [0.15, 0.2) is 0 Å². The predicted octanol–water partition coefficient (Wildman–Crippen LogP) is 2.71. The van der Waals surface area contributed by atoms with E-state index in [-0.39, 0.29) is 13.2 Å². The van der Waals surface area contributed by atoms with Crippen LogP contribution in [-0.2, 0) is 22.7 Å². The minimum atomic E-state index is -0.409. The van der Waals surface area contributed by atoms with Crippen molar-refractivity contribution in [1.82, 2.24) is 0 Å². The van der Waals surface area contributed by atoms with Gasteiger partial charge in [0.25, 0.3) is 0 Å². The van der Waals surface area contributed by atoms with Crippen molar-refractivity contribution in [3.05, 3.63) is 70.8 Å². The lowest BCUT2D eigenvalue weighted by Gasteiger charge is -2.15. The third-order valence-electron chi connectivity index (χ3n) is 3.19. The fourth-order valence-electron chi connectivity index (χ4n) is 2.13. The molecule has 0 unspecified atom stereocenters. The van der Waals surface area contributed by atoms with Crippen LogP contribution in [0.1, 0.15) is 31.8 Å². The SMILES string of the molecule is O=C1OCc2ccccc2C(=O)OCc2ccccc21. The van der Waals surface area contributed by atoms with Crippen molar-refractivity contribution < 1.29 is 19.1 Å². The maximum absolute atomic E-state index is 12.1. The first-order valence-corrected chi connectivity index (χ1v) is 6.26. The Hall–Kier alpha value is -2.62. The number of rotatable bonds is 0. The maximum Gasteiger partial charge on any atom is 0.338 e. The van der Waals surface area contributed by atoms with Crippen molar-refractivity contribution >= 4 is 11.9 Å². The van der Waals surface area contributed by atoms with Gasteiger partial charge in [-0.05, 0) is 12.1 Å². The van der Waals surface area contributed by atoms with Crippen LogP contribution < -0.4 is 0 Å². The highest BCUT2D eigenvalue weighted by molar-refractivity contribution is 5.93. The molecule has 0 N–H and O–H groups in total. The molecular weight excluding hydrogens is 256 g/mol. The monoisotopic (exact) mass is 268 g/mol. The molecule has 2 aromatic carbocycles. The number of fused-ring (bicyclic) bond motifs is 2. The van der Waals surface area contributed by atoms with E-state index in [1.54, 1.807) is 48.5 Å². The second-order valence-electron chi connectivity index (χ2n) is 4.47. The number of cyclic esters (lactones) is 2. The van der Waals surface area contributed by atoms with Crippen LogP contribution in [0.3, 0.4) is 0 Å². The summed E-state index contributed by atoms with van der Waals surface area (Å²) in [4.78, 5) is 24.1. The summed E-state index contributed by atoms with van der Waals surface area (Å²) >= 11 is 0. The number of esters is 2. The maximum atomic E-state index is 12.1. The Morgan fingerprint density at radius 3 is 1.50 bits per heavy atom. The lowest BCUT2D eigenvalue weighted by atomic mass is 10.1. The average Bonchev–Trinajstić information content (AvgIpc) is 2.50. The zero-order valence-electron chi connectivity index (χ0n) is 10.7. The molecule has 0 saturated heterocycles. The number of hydrogen-bond acceptors (Lipinski definition) is 4. The Morgan fingerprint density at radius 1 is 0.650 bits per heavy atom. The minimum absolute atomic E-state index is 0.0540. The van der Waals surface area contributed by atoms with Crippen LogP contribution in [0.15, 0.2) is 48.5 Å². The molecule has 0 saturated carbocycles. The van der Waals surface area contributed by atoms with Crippen LogP contribution in [0.2, 0.25) is 0 Å². The molecule has 0 bridgehead atoms. The quantitative estimate of drug-likeness (QED) is 0.689. The van der Waals surface area contributed by atoms with E-state index in [9.17, 15) is 9.59 Å². The summed E-state index contributed by atoms with van der Waals surface area (Å²) in [6.45, 7) is 0.108. The van der Waals surface area contributed by atoms with Gasteiger partial charge in [0, 0.05) is 11.1 Å². The van der Waals surface area contributed by atoms with Crippen molar-refractivity contribution in [2.75, 3.05) is 0 Å². The average molecular weight is 268 g/mol. The molecule has 0 aliphatic carbocycles. The van der Waals surface area contributed by atoms with E-state index in [2.05, 4.69) is 0 Å². The second-order valence-corrected chi connectivity index (χ2v) is 4.47. The van der Waals surface area contributed by atoms with Crippen LogP contribution in [0.25, 0.3) is 0 Å². The number of benzene rings is 2. The van der Waals surface area contributed by atoms with Gasteiger partial charge in [0.05, 0.1) is 11.1 Å². The van der Waals surface area contributed by atoms with Gasteiger partial charge >= 0.3 is 11.9 Å². The smallest absolute Gasteiger partial charge is 0.338 e. The molecular formula is C16H12O4. The molecule has 0 radical (unpaired) electrons.